The summed E-state index contributed by atoms with van der Waals surface area (Å²) in [5.41, 5.74) is 1.17. The SMILES string of the molecule is c1ccc(C[C@H](NCc2ccco2)C2CC2)nc1. The lowest BCUT2D eigenvalue weighted by atomic mass is 10.1. The van der Waals surface area contributed by atoms with Crippen LogP contribution in [0.3, 0.4) is 0 Å². The molecule has 0 unspecified atom stereocenters. The Morgan fingerprint density at radius 2 is 2.22 bits per heavy atom. The normalized spacial score (nSPS) is 16.7. The molecular weight excluding hydrogens is 224 g/mol. The minimum atomic E-state index is 0.519. The molecule has 1 saturated carbocycles. The van der Waals surface area contributed by atoms with E-state index < -0.39 is 0 Å². The number of hydrogen-bond donors (Lipinski definition) is 1. The van der Waals surface area contributed by atoms with Crippen molar-refractivity contribution in [3.8, 4) is 0 Å². The number of hydrogen-bond acceptors (Lipinski definition) is 3. The minimum Gasteiger partial charge on any atom is -0.468 e. The largest absolute Gasteiger partial charge is 0.468 e. The predicted octanol–water partition coefficient (Wildman–Crippen LogP) is 2.79. The second kappa shape index (κ2) is 5.36. The summed E-state index contributed by atoms with van der Waals surface area (Å²) >= 11 is 0. The van der Waals surface area contributed by atoms with E-state index in [0.29, 0.717) is 6.04 Å². The highest BCUT2D eigenvalue weighted by Crippen LogP contribution is 2.34. The van der Waals surface area contributed by atoms with Crippen molar-refractivity contribution in [2.24, 2.45) is 5.92 Å². The van der Waals surface area contributed by atoms with Crippen molar-refractivity contribution < 1.29 is 4.42 Å². The molecule has 1 fully saturated rings. The van der Waals surface area contributed by atoms with Crippen molar-refractivity contribution in [3.05, 3.63) is 54.2 Å². The maximum atomic E-state index is 5.36. The Hall–Kier alpha value is -1.61. The van der Waals surface area contributed by atoms with E-state index >= 15 is 0 Å². The summed E-state index contributed by atoms with van der Waals surface area (Å²) in [6.07, 6.45) is 7.27. The lowest BCUT2D eigenvalue weighted by Crippen LogP contribution is -2.32. The number of aromatic nitrogens is 1. The quantitative estimate of drug-likeness (QED) is 0.846. The molecule has 1 atom stereocenters. The Bertz CT molecular complexity index is 463. The second-order valence-corrected chi connectivity index (χ2v) is 4.93. The van der Waals surface area contributed by atoms with Crippen molar-refractivity contribution in [1.82, 2.24) is 10.3 Å². The highest BCUT2D eigenvalue weighted by Gasteiger charge is 2.31. The van der Waals surface area contributed by atoms with Crippen LogP contribution in [0.1, 0.15) is 24.3 Å². The zero-order valence-electron chi connectivity index (χ0n) is 10.4. The van der Waals surface area contributed by atoms with Crippen molar-refractivity contribution in [2.75, 3.05) is 0 Å². The fourth-order valence-corrected chi connectivity index (χ4v) is 2.29. The van der Waals surface area contributed by atoms with E-state index in [4.69, 9.17) is 4.42 Å². The van der Waals surface area contributed by atoms with Gasteiger partial charge >= 0.3 is 0 Å². The van der Waals surface area contributed by atoms with Crippen LogP contribution < -0.4 is 5.32 Å². The first-order chi connectivity index (χ1) is 8.92. The summed E-state index contributed by atoms with van der Waals surface area (Å²) in [5.74, 6) is 1.81. The van der Waals surface area contributed by atoms with E-state index in [1.54, 1.807) is 6.26 Å². The van der Waals surface area contributed by atoms with Crippen LogP contribution in [-0.4, -0.2) is 11.0 Å². The lowest BCUT2D eigenvalue weighted by molar-refractivity contribution is 0.413. The van der Waals surface area contributed by atoms with Gasteiger partial charge in [-0.15, -0.1) is 0 Å². The van der Waals surface area contributed by atoms with Gasteiger partial charge in [0.1, 0.15) is 5.76 Å². The zero-order valence-corrected chi connectivity index (χ0v) is 10.4. The van der Waals surface area contributed by atoms with Gasteiger partial charge in [-0.2, -0.15) is 0 Å². The first-order valence-corrected chi connectivity index (χ1v) is 6.57. The summed E-state index contributed by atoms with van der Waals surface area (Å²) in [6, 6.07) is 10.6. The molecule has 94 valence electrons. The maximum absolute atomic E-state index is 5.36. The van der Waals surface area contributed by atoms with Gasteiger partial charge in [0.25, 0.3) is 0 Å². The van der Waals surface area contributed by atoms with Crippen LogP contribution in [0.15, 0.2) is 47.2 Å². The molecule has 0 aromatic carbocycles. The van der Waals surface area contributed by atoms with Crippen LogP contribution in [-0.2, 0) is 13.0 Å². The molecule has 2 aromatic rings. The Morgan fingerprint density at radius 1 is 1.28 bits per heavy atom. The first kappa shape index (κ1) is 11.5. The zero-order chi connectivity index (χ0) is 12.2. The van der Waals surface area contributed by atoms with Crippen molar-refractivity contribution in [2.45, 2.75) is 31.8 Å². The summed E-state index contributed by atoms with van der Waals surface area (Å²) < 4.78 is 5.36. The molecule has 1 N–H and O–H groups in total. The number of pyridine rings is 1. The average molecular weight is 242 g/mol. The molecular formula is C15H18N2O. The third-order valence-electron chi connectivity index (χ3n) is 3.46. The molecule has 3 nitrogen and oxygen atoms in total. The summed E-state index contributed by atoms with van der Waals surface area (Å²) in [5, 5.41) is 3.60. The molecule has 3 rings (SSSR count). The highest BCUT2D eigenvalue weighted by atomic mass is 16.3. The van der Waals surface area contributed by atoms with Crippen molar-refractivity contribution in [1.29, 1.82) is 0 Å². The molecule has 18 heavy (non-hydrogen) atoms. The Kier molecular flexibility index (Phi) is 3.42. The Balaban J connectivity index is 1.58. The van der Waals surface area contributed by atoms with E-state index in [-0.39, 0.29) is 0 Å². The van der Waals surface area contributed by atoms with Gasteiger partial charge in [0, 0.05) is 24.4 Å². The van der Waals surface area contributed by atoms with E-state index in [1.165, 1.54) is 18.5 Å². The Morgan fingerprint density at radius 3 is 2.89 bits per heavy atom. The van der Waals surface area contributed by atoms with Crippen LogP contribution in [0.4, 0.5) is 0 Å². The fourth-order valence-electron chi connectivity index (χ4n) is 2.29. The van der Waals surface area contributed by atoms with E-state index in [2.05, 4.69) is 22.4 Å². The maximum Gasteiger partial charge on any atom is 0.117 e. The van der Waals surface area contributed by atoms with E-state index in [0.717, 1.165) is 24.6 Å². The van der Waals surface area contributed by atoms with E-state index in [9.17, 15) is 0 Å². The van der Waals surface area contributed by atoms with Crippen molar-refractivity contribution in [3.63, 3.8) is 0 Å². The molecule has 0 saturated heterocycles. The van der Waals surface area contributed by atoms with Gasteiger partial charge in [-0.3, -0.25) is 4.98 Å². The molecule has 1 aliphatic carbocycles. The molecule has 3 heteroatoms. The first-order valence-electron chi connectivity index (χ1n) is 6.57. The molecule has 0 spiro atoms. The topological polar surface area (TPSA) is 38.1 Å². The third kappa shape index (κ3) is 2.99. The van der Waals surface area contributed by atoms with Gasteiger partial charge in [0.05, 0.1) is 12.8 Å². The number of rotatable bonds is 6. The van der Waals surface area contributed by atoms with Crippen LogP contribution in [0, 0.1) is 5.92 Å². The number of nitrogens with one attached hydrogen (secondary N) is 1. The molecule has 0 aliphatic heterocycles. The lowest BCUT2D eigenvalue weighted by Gasteiger charge is -2.17. The monoisotopic (exact) mass is 242 g/mol. The third-order valence-corrected chi connectivity index (χ3v) is 3.46. The van der Waals surface area contributed by atoms with E-state index in [1.807, 2.05) is 24.4 Å². The van der Waals surface area contributed by atoms with Gasteiger partial charge in [0.15, 0.2) is 0 Å². The molecule has 0 radical (unpaired) electrons. The highest BCUT2D eigenvalue weighted by molar-refractivity contribution is 5.07. The van der Waals surface area contributed by atoms with Gasteiger partial charge in [0.2, 0.25) is 0 Å². The van der Waals surface area contributed by atoms with Crippen LogP contribution in [0.5, 0.6) is 0 Å². The fraction of sp³-hybridized carbons (Fsp3) is 0.400. The average Bonchev–Trinajstić information content (AvgIpc) is 3.12. The van der Waals surface area contributed by atoms with Gasteiger partial charge < -0.3 is 9.73 Å². The Labute approximate surface area is 107 Å². The standard InChI is InChI=1S/C15H18N2O/c1-2-8-16-13(4-1)10-15(12-6-7-12)17-11-14-5-3-9-18-14/h1-5,8-9,12,15,17H,6-7,10-11H2/t15-/m0/s1. The minimum absolute atomic E-state index is 0.519. The summed E-state index contributed by atoms with van der Waals surface area (Å²) in [4.78, 5) is 4.41. The van der Waals surface area contributed by atoms with Crippen molar-refractivity contribution >= 4 is 0 Å². The summed E-state index contributed by atoms with van der Waals surface area (Å²) in [6.45, 7) is 0.807. The predicted molar refractivity (Wildman–Crippen MR) is 70.0 cm³/mol. The molecule has 0 amide bonds. The van der Waals surface area contributed by atoms with Crippen LogP contribution in [0.25, 0.3) is 0 Å². The van der Waals surface area contributed by atoms with Gasteiger partial charge in [-0.05, 0) is 43.0 Å². The van der Waals surface area contributed by atoms with Gasteiger partial charge in [-0.1, -0.05) is 6.07 Å². The summed E-state index contributed by atoms with van der Waals surface area (Å²) in [7, 11) is 0. The molecule has 0 bridgehead atoms. The molecule has 2 aromatic heterocycles. The van der Waals surface area contributed by atoms with Gasteiger partial charge in [-0.25, -0.2) is 0 Å². The van der Waals surface area contributed by atoms with Crippen LogP contribution >= 0.6 is 0 Å². The molecule has 1 aliphatic rings. The second-order valence-electron chi connectivity index (χ2n) is 4.93. The number of furan rings is 1. The molecule has 2 heterocycles. The van der Waals surface area contributed by atoms with Crippen LogP contribution in [0.2, 0.25) is 0 Å². The smallest absolute Gasteiger partial charge is 0.117 e. The number of nitrogens with zero attached hydrogens (tertiary/aromatic N) is 1.